The van der Waals surface area contributed by atoms with Crippen LogP contribution in [0.4, 0.5) is 0 Å². The first-order valence-corrected chi connectivity index (χ1v) is 10.4. The summed E-state index contributed by atoms with van der Waals surface area (Å²) in [6.45, 7) is 3.54. The van der Waals surface area contributed by atoms with Gasteiger partial charge < -0.3 is 9.80 Å². The zero-order valence-corrected chi connectivity index (χ0v) is 17.9. The van der Waals surface area contributed by atoms with Gasteiger partial charge in [0.15, 0.2) is 0 Å². The molecule has 1 fully saturated rings. The SMILES string of the molecule is CC(=O)N1CCN(C(=O)c2cc(-c3ccccc3Cl)nn2-c2ccc(Cl)cc2)CC1. The van der Waals surface area contributed by atoms with E-state index in [1.807, 2.05) is 30.3 Å². The van der Waals surface area contributed by atoms with Gasteiger partial charge in [-0.25, -0.2) is 4.68 Å². The summed E-state index contributed by atoms with van der Waals surface area (Å²) < 4.78 is 1.62. The Balaban J connectivity index is 1.72. The highest BCUT2D eigenvalue weighted by atomic mass is 35.5. The molecule has 30 heavy (non-hydrogen) atoms. The fraction of sp³-hybridized carbons (Fsp3) is 0.227. The molecule has 0 spiro atoms. The minimum Gasteiger partial charge on any atom is -0.339 e. The zero-order chi connectivity index (χ0) is 21.3. The lowest BCUT2D eigenvalue weighted by molar-refractivity contribution is -0.130. The van der Waals surface area contributed by atoms with E-state index in [0.29, 0.717) is 47.6 Å². The van der Waals surface area contributed by atoms with Crippen LogP contribution in [-0.4, -0.2) is 57.6 Å². The molecule has 2 amide bonds. The van der Waals surface area contributed by atoms with E-state index in [9.17, 15) is 9.59 Å². The number of carbonyl (C=O) groups is 2. The van der Waals surface area contributed by atoms with Gasteiger partial charge in [0, 0.05) is 43.7 Å². The van der Waals surface area contributed by atoms with Crippen LogP contribution in [0, 0.1) is 0 Å². The molecule has 1 aliphatic rings. The minimum atomic E-state index is -0.140. The number of piperazine rings is 1. The molecule has 1 aliphatic heterocycles. The van der Waals surface area contributed by atoms with Crippen molar-refractivity contribution in [2.75, 3.05) is 26.2 Å². The number of carbonyl (C=O) groups excluding carboxylic acids is 2. The van der Waals surface area contributed by atoms with Crippen molar-refractivity contribution in [2.24, 2.45) is 0 Å². The fourth-order valence-electron chi connectivity index (χ4n) is 3.50. The van der Waals surface area contributed by atoms with E-state index in [4.69, 9.17) is 23.2 Å². The minimum absolute atomic E-state index is 0.0225. The molecule has 4 rings (SSSR count). The highest BCUT2D eigenvalue weighted by molar-refractivity contribution is 6.33. The van der Waals surface area contributed by atoms with Crippen LogP contribution >= 0.6 is 23.2 Å². The van der Waals surface area contributed by atoms with Gasteiger partial charge in [0.05, 0.1) is 16.4 Å². The van der Waals surface area contributed by atoms with E-state index < -0.39 is 0 Å². The second-order valence-corrected chi connectivity index (χ2v) is 7.92. The molecule has 0 aliphatic carbocycles. The molecular weight excluding hydrogens is 423 g/mol. The molecule has 0 N–H and O–H groups in total. The quantitative estimate of drug-likeness (QED) is 0.611. The highest BCUT2D eigenvalue weighted by Gasteiger charge is 2.27. The summed E-state index contributed by atoms with van der Waals surface area (Å²) in [5.41, 5.74) is 2.52. The van der Waals surface area contributed by atoms with Crippen molar-refractivity contribution in [3.05, 3.63) is 70.3 Å². The van der Waals surface area contributed by atoms with Gasteiger partial charge in [-0.05, 0) is 36.4 Å². The third-order valence-electron chi connectivity index (χ3n) is 5.16. The molecule has 0 bridgehead atoms. The van der Waals surface area contributed by atoms with Crippen molar-refractivity contribution in [3.8, 4) is 16.9 Å². The van der Waals surface area contributed by atoms with Gasteiger partial charge in [-0.15, -0.1) is 0 Å². The molecule has 3 aromatic rings. The van der Waals surface area contributed by atoms with E-state index >= 15 is 0 Å². The zero-order valence-electron chi connectivity index (χ0n) is 16.4. The molecule has 0 unspecified atom stereocenters. The van der Waals surface area contributed by atoms with E-state index in [1.54, 1.807) is 45.7 Å². The van der Waals surface area contributed by atoms with E-state index in [2.05, 4.69) is 5.10 Å². The van der Waals surface area contributed by atoms with Gasteiger partial charge in [-0.3, -0.25) is 9.59 Å². The number of hydrogen-bond donors (Lipinski definition) is 0. The van der Waals surface area contributed by atoms with Crippen LogP contribution in [0.25, 0.3) is 16.9 Å². The maximum absolute atomic E-state index is 13.4. The van der Waals surface area contributed by atoms with E-state index in [1.165, 1.54) is 0 Å². The van der Waals surface area contributed by atoms with Gasteiger partial charge in [0.25, 0.3) is 5.91 Å². The smallest absolute Gasteiger partial charge is 0.272 e. The predicted octanol–water partition coefficient (Wildman–Crippen LogP) is 4.15. The first-order chi connectivity index (χ1) is 14.4. The summed E-state index contributed by atoms with van der Waals surface area (Å²) in [6, 6.07) is 16.3. The van der Waals surface area contributed by atoms with Crippen LogP contribution in [0.5, 0.6) is 0 Å². The lowest BCUT2D eigenvalue weighted by atomic mass is 10.1. The van der Waals surface area contributed by atoms with Gasteiger partial charge in [0.2, 0.25) is 5.91 Å². The Morgan fingerprint density at radius 2 is 1.53 bits per heavy atom. The number of benzene rings is 2. The average molecular weight is 443 g/mol. The largest absolute Gasteiger partial charge is 0.339 e. The van der Waals surface area contributed by atoms with Crippen molar-refractivity contribution in [1.82, 2.24) is 19.6 Å². The Labute approximate surface area is 184 Å². The molecule has 0 radical (unpaired) electrons. The van der Waals surface area contributed by atoms with Gasteiger partial charge in [-0.1, -0.05) is 41.4 Å². The molecule has 6 nitrogen and oxygen atoms in total. The van der Waals surface area contributed by atoms with Crippen molar-refractivity contribution >= 4 is 35.0 Å². The lowest BCUT2D eigenvalue weighted by Crippen LogP contribution is -2.50. The topological polar surface area (TPSA) is 58.4 Å². The van der Waals surface area contributed by atoms with Crippen molar-refractivity contribution < 1.29 is 9.59 Å². The summed E-state index contributed by atoms with van der Waals surface area (Å²) in [5.74, 6) is -0.117. The van der Waals surface area contributed by atoms with Crippen molar-refractivity contribution in [2.45, 2.75) is 6.92 Å². The van der Waals surface area contributed by atoms with Crippen LogP contribution in [0.2, 0.25) is 10.0 Å². The summed E-state index contributed by atoms with van der Waals surface area (Å²) in [5, 5.41) is 5.84. The monoisotopic (exact) mass is 442 g/mol. The number of amides is 2. The van der Waals surface area contributed by atoms with Crippen LogP contribution in [0.1, 0.15) is 17.4 Å². The van der Waals surface area contributed by atoms with Crippen molar-refractivity contribution in [1.29, 1.82) is 0 Å². The lowest BCUT2D eigenvalue weighted by Gasteiger charge is -2.34. The van der Waals surface area contributed by atoms with E-state index in [0.717, 1.165) is 11.3 Å². The number of nitrogens with zero attached hydrogens (tertiary/aromatic N) is 4. The van der Waals surface area contributed by atoms with Crippen LogP contribution in [0.15, 0.2) is 54.6 Å². The molecule has 2 aromatic carbocycles. The molecule has 154 valence electrons. The molecule has 0 saturated carbocycles. The Bertz CT molecular complexity index is 1090. The maximum Gasteiger partial charge on any atom is 0.272 e. The molecule has 1 aromatic heterocycles. The fourth-order valence-corrected chi connectivity index (χ4v) is 3.86. The summed E-state index contributed by atoms with van der Waals surface area (Å²) in [7, 11) is 0. The molecule has 8 heteroatoms. The molecule has 2 heterocycles. The van der Waals surface area contributed by atoms with Crippen LogP contribution in [-0.2, 0) is 4.79 Å². The first-order valence-electron chi connectivity index (χ1n) is 9.60. The van der Waals surface area contributed by atoms with Crippen LogP contribution < -0.4 is 0 Å². The number of aromatic nitrogens is 2. The maximum atomic E-state index is 13.4. The Kier molecular flexibility index (Phi) is 5.79. The third kappa shape index (κ3) is 4.06. The first kappa shape index (κ1) is 20.4. The predicted molar refractivity (Wildman–Crippen MR) is 117 cm³/mol. The Morgan fingerprint density at radius 3 is 2.17 bits per heavy atom. The molecular formula is C22H20Cl2N4O2. The number of rotatable bonds is 3. The average Bonchev–Trinajstić information content (AvgIpc) is 3.19. The number of halogens is 2. The van der Waals surface area contributed by atoms with Gasteiger partial charge in [0.1, 0.15) is 5.69 Å². The van der Waals surface area contributed by atoms with Crippen LogP contribution in [0.3, 0.4) is 0 Å². The highest BCUT2D eigenvalue weighted by Crippen LogP contribution is 2.29. The number of hydrogen-bond acceptors (Lipinski definition) is 3. The second kappa shape index (κ2) is 8.50. The molecule has 0 atom stereocenters. The van der Waals surface area contributed by atoms with Crippen molar-refractivity contribution in [3.63, 3.8) is 0 Å². The Hall–Kier alpha value is -2.83. The normalized spacial score (nSPS) is 14.1. The van der Waals surface area contributed by atoms with Gasteiger partial charge in [-0.2, -0.15) is 5.10 Å². The van der Waals surface area contributed by atoms with E-state index in [-0.39, 0.29) is 11.8 Å². The summed E-state index contributed by atoms with van der Waals surface area (Å²) in [4.78, 5) is 28.5. The second-order valence-electron chi connectivity index (χ2n) is 7.08. The third-order valence-corrected chi connectivity index (χ3v) is 5.74. The summed E-state index contributed by atoms with van der Waals surface area (Å²) >= 11 is 12.4. The van der Waals surface area contributed by atoms with Gasteiger partial charge >= 0.3 is 0 Å². The summed E-state index contributed by atoms with van der Waals surface area (Å²) in [6.07, 6.45) is 0. The molecule has 1 saturated heterocycles. The standard InChI is InChI=1S/C22H20Cl2N4O2/c1-15(29)26-10-12-27(13-11-26)22(30)21-14-20(18-4-2-3-5-19(18)24)25-28(21)17-8-6-16(23)7-9-17/h2-9,14H,10-13H2,1H3. The Morgan fingerprint density at radius 1 is 0.900 bits per heavy atom.